The van der Waals surface area contributed by atoms with E-state index < -0.39 is 0 Å². The maximum absolute atomic E-state index is 5.80. The molecule has 0 aromatic heterocycles. The molecule has 28 heavy (non-hydrogen) atoms. The topological polar surface area (TPSA) is 18.5 Å². The van der Waals surface area contributed by atoms with E-state index in [-0.39, 0.29) is 5.41 Å². The van der Waals surface area contributed by atoms with Gasteiger partial charge in [0.05, 0.1) is 13.2 Å². The summed E-state index contributed by atoms with van der Waals surface area (Å²) in [6.07, 6.45) is 9.03. The Kier molecular flexibility index (Phi) is 10.3. The predicted octanol–water partition coefficient (Wildman–Crippen LogP) is 6.75. The Morgan fingerprint density at radius 1 is 0.714 bits per heavy atom. The largest absolute Gasteiger partial charge is 0.384 e. The lowest BCUT2D eigenvalue weighted by molar-refractivity contribution is 0.0407. The zero-order valence-electron chi connectivity index (χ0n) is 18.0. The second kappa shape index (κ2) is 12.7. The third-order valence-electron chi connectivity index (χ3n) is 5.87. The molecule has 0 bridgehead atoms. The van der Waals surface area contributed by atoms with Crippen molar-refractivity contribution in [3.05, 3.63) is 71.8 Å². The average Bonchev–Trinajstić information content (AvgIpc) is 2.74. The number of methoxy groups -OCH3 is 2. The van der Waals surface area contributed by atoms with Crippen molar-refractivity contribution in [2.75, 3.05) is 27.4 Å². The molecule has 0 spiro atoms. The van der Waals surface area contributed by atoms with Crippen LogP contribution in [0.2, 0.25) is 0 Å². The van der Waals surface area contributed by atoms with E-state index >= 15 is 0 Å². The molecular formula is C26H38O2. The van der Waals surface area contributed by atoms with Crippen LogP contribution in [-0.4, -0.2) is 27.4 Å². The van der Waals surface area contributed by atoms with Gasteiger partial charge in [0.25, 0.3) is 0 Å². The number of ether oxygens (including phenoxy) is 2. The van der Waals surface area contributed by atoms with Crippen molar-refractivity contribution in [2.24, 2.45) is 0 Å². The van der Waals surface area contributed by atoms with Crippen LogP contribution in [0.15, 0.2) is 60.7 Å². The molecule has 0 N–H and O–H groups in total. The van der Waals surface area contributed by atoms with Gasteiger partial charge in [0, 0.05) is 19.6 Å². The first-order valence-electron chi connectivity index (χ1n) is 10.9. The molecule has 154 valence electrons. The Labute approximate surface area is 172 Å². The van der Waals surface area contributed by atoms with Gasteiger partial charge >= 0.3 is 0 Å². The summed E-state index contributed by atoms with van der Waals surface area (Å²) in [6, 6.07) is 21.7. The van der Waals surface area contributed by atoms with Crippen LogP contribution in [-0.2, 0) is 14.9 Å². The number of hydrogen-bond acceptors (Lipinski definition) is 2. The van der Waals surface area contributed by atoms with Gasteiger partial charge in [-0.05, 0) is 23.5 Å². The van der Waals surface area contributed by atoms with E-state index in [1.165, 1.54) is 49.7 Å². The van der Waals surface area contributed by atoms with Crippen molar-refractivity contribution in [2.45, 2.75) is 63.2 Å². The van der Waals surface area contributed by atoms with E-state index in [4.69, 9.17) is 9.47 Å². The Hall–Kier alpha value is -1.64. The Balaban J connectivity index is 2.32. The number of hydrogen-bond donors (Lipinski definition) is 0. The molecule has 1 unspecified atom stereocenters. The molecule has 2 aromatic rings. The lowest BCUT2D eigenvalue weighted by Crippen LogP contribution is -2.42. The van der Waals surface area contributed by atoms with Crippen LogP contribution in [0.25, 0.3) is 0 Å². The maximum Gasteiger partial charge on any atom is 0.0587 e. The second-order valence-electron chi connectivity index (χ2n) is 7.91. The maximum atomic E-state index is 5.80. The van der Waals surface area contributed by atoms with Gasteiger partial charge in [-0.15, -0.1) is 0 Å². The Morgan fingerprint density at radius 3 is 1.82 bits per heavy atom. The molecule has 0 aliphatic rings. The molecule has 2 rings (SSSR count). The minimum atomic E-state index is -0.185. The number of rotatable bonds is 14. The van der Waals surface area contributed by atoms with E-state index in [0.717, 1.165) is 6.42 Å². The van der Waals surface area contributed by atoms with Crippen LogP contribution < -0.4 is 0 Å². The normalized spacial score (nSPS) is 12.8. The SMILES string of the molecule is CCCCCCCCC(c1ccccc1)C(COC)(COC)c1ccccc1. The van der Waals surface area contributed by atoms with Crippen LogP contribution in [0, 0.1) is 0 Å². The van der Waals surface area contributed by atoms with Crippen molar-refractivity contribution in [1.82, 2.24) is 0 Å². The third kappa shape index (κ3) is 6.18. The molecule has 0 radical (unpaired) electrons. The Morgan fingerprint density at radius 2 is 1.25 bits per heavy atom. The lowest BCUT2D eigenvalue weighted by Gasteiger charge is -2.41. The van der Waals surface area contributed by atoms with E-state index in [1.807, 2.05) is 0 Å². The summed E-state index contributed by atoms with van der Waals surface area (Å²) < 4.78 is 11.6. The summed E-state index contributed by atoms with van der Waals surface area (Å²) in [6.45, 7) is 3.58. The van der Waals surface area contributed by atoms with Gasteiger partial charge in [0.2, 0.25) is 0 Å². The van der Waals surface area contributed by atoms with Crippen LogP contribution in [0.5, 0.6) is 0 Å². The zero-order chi connectivity index (χ0) is 20.1. The van der Waals surface area contributed by atoms with Gasteiger partial charge in [-0.1, -0.05) is 106 Å². The standard InChI is InChI=1S/C26H38O2/c1-4-5-6-7-8-15-20-25(23-16-11-9-12-17-23)26(21-27-2,22-28-3)24-18-13-10-14-19-24/h9-14,16-19,25H,4-8,15,20-22H2,1-3H3. The van der Waals surface area contributed by atoms with Crippen molar-refractivity contribution in [3.63, 3.8) is 0 Å². The zero-order valence-corrected chi connectivity index (χ0v) is 18.0. The van der Waals surface area contributed by atoms with Gasteiger partial charge in [-0.25, -0.2) is 0 Å². The first-order valence-corrected chi connectivity index (χ1v) is 10.9. The summed E-state index contributed by atoms with van der Waals surface area (Å²) in [5.41, 5.74) is 2.50. The van der Waals surface area contributed by atoms with Crippen molar-refractivity contribution >= 4 is 0 Å². The first-order chi connectivity index (χ1) is 13.8. The molecular weight excluding hydrogens is 344 g/mol. The fourth-order valence-corrected chi connectivity index (χ4v) is 4.47. The molecule has 2 heteroatoms. The monoisotopic (exact) mass is 382 g/mol. The van der Waals surface area contributed by atoms with E-state index in [0.29, 0.717) is 19.1 Å². The summed E-state index contributed by atoms with van der Waals surface area (Å²) in [5, 5.41) is 0. The molecule has 0 amide bonds. The lowest BCUT2D eigenvalue weighted by atomic mass is 9.66. The highest BCUT2D eigenvalue weighted by Crippen LogP contribution is 2.43. The summed E-state index contributed by atoms with van der Waals surface area (Å²) in [4.78, 5) is 0. The quantitative estimate of drug-likeness (QED) is 0.336. The van der Waals surface area contributed by atoms with Crippen LogP contribution in [0.1, 0.15) is 68.9 Å². The molecule has 0 fully saturated rings. The van der Waals surface area contributed by atoms with Gasteiger partial charge in [0.1, 0.15) is 0 Å². The fourth-order valence-electron chi connectivity index (χ4n) is 4.47. The highest BCUT2D eigenvalue weighted by molar-refractivity contribution is 5.34. The smallest absolute Gasteiger partial charge is 0.0587 e. The van der Waals surface area contributed by atoms with Crippen molar-refractivity contribution < 1.29 is 9.47 Å². The van der Waals surface area contributed by atoms with Crippen molar-refractivity contribution in [3.8, 4) is 0 Å². The van der Waals surface area contributed by atoms with Crippen LogP contribution in [0.3, 0.4) is 0 Å². The average molecular weight is 383 g/mol. The van der Waals surface area contributed by atoms with E-state index in [9.17, 15) is 0 Å². The van der Waals surface area contributed by atoms with Gasteiger partial charge in [-0.2, -0.15) is 0 Å². The van der Waals surface area contributed by atoms with Gasteiger partial charge in [-0.3, -0.25) is 0 Å². The van der Waals surface area contributed by atoms with Crippen LogP contribution in [0.4, 0.5) is 0 Å². The minimum Gasteiger partial charge on any atom is -0.384 e. The van der Waals surface area contributed by atoms with Crippen molar-refractivity contribution in [1.29, 1.82) is 0 Å². The molecule has 0 heterocycles. The highest BCUT2D eigenvalue weighted by atomic mass is 16.5. The fraction of sp³-hybridized carbons (Fsp3) is 0.538. The predicted molar refractivity (Wildman–Crippen MR) is 119 cm³/mol. The molecule has 0 saturated carbocycles. The number of unbranched alkanes of at least 4 members (excludes halogenated alkanes) is 5. The molecule has 0 aliphatic heterocycles. The molecule has 0 saturated heterocycles. The molecule has 2 nitrogen and oxygen atoms in total. The van der Waals surface area contributed by atoms with E-state index in [2.05, 4.69) is 67.6 Å². The first kappa shape index (κ1) is 22.6. The minimum absolute atomic E-state index is 0.185. The third-order valence-corrected chi connectivity index (χ3v) is 5.87. The van der Waals surface area contributed by atoms with E-state index in [1.54, 1.807) is 14.2 Å². The summed E-state index contributed by atoms with van der Waals surface area (Å²) in [7, 11) is 3.61. The summed E-state index contributed by atoms with van der Waals surface area (Å²) >= 11 is 0. The molecule has 1 atom stereocenters. The molecule has 2 aromatic carbocycles. The Bertz CT molecular complexity index is 617. The number of benzene rings is 2. The van der Waals surface area contributed by atoms with Gasteiger partial charge < -0.3 is 9.47 Å². The molecule has 0 aliphatic carbocycles. The summed E-state index contributed by atoms with van der Waals surface area (Å²) in [5.74, 6) is 0.363. The van der Waals surface area contributed by atoms with Crippen LogP contribution >= 0.6 is 0 Å². The van der Waals surface area contributed by atoms with Gasteiger partial charge in [0.15, 0.2) is 0 Å². The second-order valence-corrected chi connectivity index (χ2v) is 7.91. The highest BCUT2D eigenvalue weighted by Gasteiger charge is 2.41.